The van der Waals surface area contributed by atoms with Gasteiger partial charge in [0.1, 0.15) is 10.8 Å². The van der Waals surface area contributed by atoms with Crippen molar-refractivity contribution in [2.24, 2.45) is 0 Å². The molecule has 0 unspecified atom stereocenters. The summed E-state index contributed by atoms with van der Waals surface area (Å²) in [7, 11) is 0. The highest BCUT2D eigenvalue weighted by molar-refractivity contribution is 8.00. The number of hydrogen-bond acceptors (Lipinski definition) is 5. The lowest BCUT2D eigenvalue weighted by Gasteiger charge is -2.31. The van der Waals surface area contributed by atoms with Crippen molar-refractivity contribution in [2.75, 3.05) is 11.4 Å². The standard InChI is InChI=1S/C16H17N3O3S/c1-2-19-12-6-3-7-17-15(12)23-13(16(19)21)9-14(20)18-10-11-5-4-8-22-11/h3-8,13H,2,9-10H2,1H3,(H,18,20)/t13-/m1/s1. The van der Waals surface area contributed by atoms with Crippen LogP contribution in [0, 0.1) is 0 Å². The lowest BCUT2D eigenvalue weighted by molar-refractivity contribution is -0.125. The van der Waals surface area contributed by atoms with Crippen molar-refractivity contribution in [2.45, 2.75) is 30.2 Å². The van der Waals surface area contributed by atoms with E-state index in [0.717, 1.165) is 10.7 Å². The summed E-state index contributed by atoms with van der Waals surface area (Å²) in [4.78, 5) is 30.7. The average Bonchev–Trinajstić information content (AvgIpc) is 3.07. The van der Waals surface area contributed by atoms with Crippen molar-refractivity contribution in [3.8, 4) is 0 Å². The molecule has 0 aromatic carbocycles. The minimum absolute atomic E-state index is 0.0499. The second-order valence-corrected chi connectivity index (χ2v) is 6.27. The van der Waals surface area contributed by atoms with Gasteiger partial charge in [0.2, 0.25) is 11.8 Å². The quantitative estimate of drug-likeness (QED) is 0.909. The third kappa shape index (κ3) is 3.39. The largest absolute Gasteiger partial charge is 0.467 e. The van der Waals surface area contributed by atoms with E-state index in [-0.39, 0.29) is 18.2 Å². The number of pyridine rings is 1. The van der Waals surface area contributed by atoms with E-state index in [0.29, 0.717) is 18.8 Å². The average molecular weight is 331 g/mol. The summed E-state index contributed by atoms with van der Waals surface area (Å²) in [5.41, 5.74) is 0.817. The number of nitrogens with one attached hydrogen (secondary N) is 1. The number of thioether (sulfide) groups is 1. The van der Waals surface area contributed by atoms with Gasteiger partial charge in [0.25, 0.3) is 0 Å². The molecular weight excluding hydrogens is 314 g/mol. The molecule has 1 aliphatic heterocycles. The molecule has 2 amide bonds. The van der Waals surface area contributed by atoms with Crippen LogP contribution in [0.1, 0.15) is 19.1 Å². The molecule has 7 heteroatoms. The maximum absolute atomic E-state index is 12.6. The molecule has 0 aliphatic carbocycles. The Labute approximate surface area is 138 Å². The van der Waals surface area contributed by atoms with Gasteiger partial charge in [0.15, 0.2) is 0 Å². The molecule has 1 aliphatic rings. The lowest BCUT2D eigenvalue weighted by atomic mass is 10.2. The third-order valence-electron chi connectivity index (χ3n) is 3.56. The van der Waals surface area contributed by atoms with Gasteiger partial charge in [-0.05, 0) is 31.2 Å². The van der Waals surface area contributed by atoms with E-state index in [4.69, 9.17) is 4.42 Å². The first-order chi connectivity index (χ1) is 11.2. The number of anilines is 1. The molecule has 2 aromatic rings. The zero-order valence-corrected chi connectivity index (χ0v) is 13.5. The molecule has 23 heavy (non-hydrogen) atoms. The molecule has 1 N–H and O–H groups in total. The van der Waals surface area contributed by atoms with Crippen LogP contribution in [0.25, 0.3) is 0 Å². The highest BCUT2D eigenvalue weighted by Gasteiger charge is 2.34. The van der Waals surface area contributed by atoms with Crippen LogP contribution in [0.5, 0.6) is 0 Å². The number of nitrogens with zero attached hydrogens (tertiary/aromatic N) is 2. The van der Waals surface area contributed by atoms with Crippen LogP contribution in [0.15, 0.2) is 46.2 Å². The van der Waals surface area contributed by atoms with Gasteiger partial charge in [-0.3, -0.25) is 9.59 Å². The molecule has 120 valence electrons. The first-order valence-corrected chi connectivity index (χ1v) is 8.29. The second kappa shape index (κ2) is 6.87. The summed E-state index contributed by atoms with van der Waals surface area (Å²) in [6.07, 6.45) is 3.38. The lowest BCUT2D eigenvalue weighted by Crippen LogP contribution is -2.43. The maximum Gasteiger partial charge on any atom is 0.241 e. The number of aromatic nitrogens is 1. The Morgan fingerprint density at radius 3 is 3.04 bits per heavy atom. The molecule has 0 radical (unpaired) electrons. The summed E-state index contributed by atoms with van der Waals surface area (Å²) in [5, 5.41) is 3.11. The zero-order valence-electron chi connectivity index (χ0n) is 12.7. The fourth-order valence-corrected chi connectivity index (χ4v) is 3.60. The summed E-state index contributed by atoms with van der Waals surface area (Å²) >= 11 is 1.35. The Balaban J connectivity index is 1.66. The van der Waals surface area contributed by atoms with Crippen molar-refractivity contribution in [3.63, 3.8) is 0 Å². The van der Waals surface area contributed by atoms with Crippen LogP contribution in [-0.4, -0.2) is 28.6 Å². The molecule has 0 saturated heterocycles. The van der Waals surface area contributed by atoms with Crippen LogP contribution in [0.4, 0.5) is 5.69 Å². The summed E-state index contributed by atoms with van der Waals surface area (Å²) < 4.78 is 5.17. The number of carbonyl (C=O) groups excluding carboxylic acids is 2. The van der Waals surface area contributed by atoms with Gasteiger partial charge in [-0.25, -0.2) is 4.98 Å². The van der Waals surface area contributed by atoms with Crippen molar-refractivity contribution in [1.29, 1.82) is 0 Å². The van der Waals surface area contributed by atoms with Crippen LogP contribution in [0.3, 0.4) is 0 Å². The Kier molecular flexibility index (Phi) is 4.66. The zero-order chi connectivity index (χ0) is 16.2. The first kappa shape index (κ1) is 15.6. The topological polar surface area (TPSA) is 75.4 Å². The predicted molar refractivity (Wildman–Crippen MR) is 87.1 cm³/mol. The Morgan fingerprint density at radius 2 is 2.30 bits per heavy atom. The number of carbonyl (C=O) groups is 2. The van der Waals surface area contributed by atoms with E-state index in [1.165, 1.54) is 11.8 Å². The number of hydrogen-bond donors (Lipinski definition) is 1. The third-order valence-corrected chi connectivity index (χ3v) is 4.75. The van der Waals surface area contributed by atoms with Crippen molar-refractivity contribution >= 4 is 29.3 Å². The van der Waals surface area contributed by atoms with Crippen molar-refractivity contribution < 1.29 is 14.0 Å². The van der Waals surface area contributed by atoms with E-state index in [1.54, 1.807) is 29.5 Å². The van der Waals surface area contributed by atoms with E-state index < -0.39 is 5.25 Å². The van der Waals surface area contributed by atoms with Crippen LogP contribution >= 0.6 is 11.8 Å². The molecule has 0 fully saturated rings. The minimum Gasteiger partial charge on any atom is -0.467 e. The minimum atomic E-state index is -0.450. The Hall–Kier alpha value is -2.28. The van der Waals surface area contributed by atoms with Gasteiger partial charge in [0.05, 0.1) is 23.7 Å². The number of amides is 2. The normalized spacial score (nSPS) is 17.0. The SMILES string of the molecule is CCN1C(=O)[C@@H](CC(=O)NCc2ccco2)Sc2ncccc21. The fourth-order valence-electron chi connectivity index (χ4n) is 2.45. The molecule has 0 bridgehead atoms. The van der Waals surface area contributed by atoms with Gasteiger partial charge < -0.3 is 14.6 Å². The van der Waals surface area contributed by atoms with Gasteiger partial charge >= 0.3 is 0 Å². The highest BCUT2D eigenvalue weighted by Crippen LogP contribution is 2.38. The van der Waals surface area contributed by atoms with E-state index in [1.807, 2.05) is 19.1 Å². The Morgan fingerprint density at radius 1 is 1.43 bits per heavy atom. The summed E-state index contributed by atoms with van der Waals surface area (Å²) in [6, 6.07) is 7.25. The first-order valence-electron chi connectivity index (χ1n) is 7.41. The number of fused-ring (bicyclic) bond motifs is 1. The summed E-state index contributed by atoms with van der Waals surface area (Å²) in [5.74, 6) is 0.456. The Bertz CT molecular complexity index is 702. The van der Waals surface area contributed by atoms with Crippen LogP contribution in [0.2, 0.25) is 0 Å². The van der Waals surface area contributed by atoms with Gasteiger partial charge in [-0.1, -0.05) is 11.8 Å². The highest BCUT2D eigenvalue weighted by atomic mass is 32.2. The smallest absolute Gasteiger partial charge is 0.241 e. The predicted octanol–water partition coefficient (Wildman–Crippen LogP) is 2.21. The van der Waals surface area contributed by atoms with Crippen molar-refractivity contribution in [1.82, 2.24) is 10.3 Å². The van der Waals surface area contributed by atoms with Gasteiger partial charge in [0, 0.05) is 19.2 Å². The van der Waals surface area contributed by atoms with Gasteiger partial charge in [-0.2, -0.15) is 0 Å². The van der Waals surface area contributed by atoms with Gasteiger partial charge in [-0.15, -0.1) is 0 Å². The second-order valence-electron chi connectivity index (χ2n) is 5.08. The van der Waals surface area contributed by atoms with E-state index >= 15 is 0 Å². The summed E-state index contributed by atoms with van der Waals surface area (Å²) in [6.45, 7) is 2.80. The maximum atomic E-state index is 12.6. The van der Waals surface area contributed by atoms with Crippen LogP contribution < -0.4 is 10.2 Å². The molecule has 0 spiro atoms. The molecule has 3 rings (SSSR count). The molecule has 6 nitrogen and oxygen atoms in total. The van der Waals surface area contributed by atoms with Crippen molar-refractivity contribution in [3.05, 3.63) is 42.5 Å². The fraction of sp³-hybridized carbons (Fsp3) is 0.312. The number of furan rings is 1. The van der Waals surface area contributed by atoms with E-state index in [9.17, 15) is 9.59 Å². The molecule has 0 saturated carbocycles. The number of rotatable bonds is 5. The van der Waals surface area contributed by atoms with Crippen LogP contribution in [-0.2, 0) is 16.1 Å². The molecule has 2 aromatic heterocycles. The monoisotopic (exact) mass is 331 g/mol. The molecule has 1 atom stereocenters. The van der Waals surface area contributed by atoms with E-state index in [2.05, 4.69) is 10.3 Å². The molecule has 3 heterocycles. The molecular formula is C16H17N3O3S.